The molecule has 0 unspecified atom stereocenters. The van der Waals surface area contributed by atoms with Crippen LogP contribution in [0.15, 0.2) is 54.6 Å². The fraction of sp³-hybridized carbons (Fsp3) is 0.200. The van der Waals surface area contributed by atoms with Crippen molar-refractivity contribution in [2.75, 3.05) is 11.9 Å². The first-order valence-electron chi connectivity index (χ1n) is 8.16. The van der Waals surface area contributed by atoms with E-state index in [1.165, 1.54) is 18.2 Å². The second kappa shape index (κ2) is 8.53. The molecule has 2 amide bonds. The highest BCUT2D eigenvalue weighted by molar-refractivity contribution is 6.05. The van der Waals surface area contributed by atoms with Crippen LogP contribution in [0.3, 0.4) is 0 Å². The van der Waals surface area contributed by atoms with Crippen molar-refractivity contribution >= 4 is 23.1 Å². The molecule has 0 aliphatic rings. The Balaban J connectivity index is 2.12. The molecule has 0 aromatic heterocycles. The van der Waals surface area contributed by atoms with Crippen LogP contribution in [0.25, 0.3) is 5.57 Å². The minimum atomic E-state index is -4.49. The molecular formula is C20H19F3N2O2. The molecule has 0 spiro atoms. The Bertz CT molecular complexity index is 859. The number of carbonyl (C=O) groups is 2. The van der Waals surface area contributed by atoms with Crippen molar-refractivity contribution in [3.63, 3.8) is 0 Å². The summed E-state index contributed by atoms with van der Waals surface area (Å²) in [4.78, 5) is 24.1. The van der Waals surface area contributed by atoms with Crippen molar-refractivity contribution in [3.05, 3.63) is 71.3 Å². The lowest BCUT2D eigenvalue weighted by Crippen LogP contribution is -2.33. The van der Waals surface area contributed by atoms with Gasteiger partial charge in [0.15, 0.2) is 0 Å². The smallest absolute Gasteiger partial charge is 0.343 e. The Labute approximate surface area is 155 Å². The fourth-order valence-corrected chi connectivity index (χ4v) is 2.33. The van der Waals surface area contributed by atoms with Gasteiger partial charge < -0.3 is 10.6 Å². The third kappa shape index (κ3) is 6.29. The zero-order valence-electron chi connectivity index (χ0n) is 14.9. The van der Waals surface area contributed by atoms with Gasteiger partial charge in [-0.25, -0.2) is 0 Å². The van der Waals surface area contributed by atoms with E-state index in [9.17, 15) is 22.8 Å². The average Bonchev–Trinajstić information content (AvgIpc) is 2.61. The van der Waals surface area contributed by atoms with Crippen LogP contribution in [0.4, 0.5) is 18.9 Å². The number of allylic oxidation sites excluding steroid dienone is 1. The standard InChI is InChI=1S/C20H19F3N2O2/c1-13-8-9-16(19(27)24-12-20(21,22)23)11-17(13)25-18(26)10-14(2)15-6-4-3-5-7-15/h3-11H,12H2,1-2H3,(H,24,27)(H,25,26). The number of nitrogens with one attached hydrogen (secondary N) is 2. The van der Waals surface area contributed by atoms with Crippen molar-refractivity contribution in [1.82, 2.24) is 5.32 Å². The Kier molecular flexibility index (Phi) is 6.39. The monoisotopic (exact) mass is 376 g/mol. The topological polar surface area (TPSA) is 58.2 Å². The van der Waals surface area contributed by atoms with Crippen LogP contribution in [-0.4, -0.2) is 24.5 Å². The number of amides is 2. The van der Waals surface area contributed by atoms with Crippen molar-refractivity contribution in [2.24, 2.45) is 0 Å². The lowest BCUT2D eigenvalue weighted by atomic mass is 10.1. The van der Waals surface area contributed by atoms with Gasteiger partial charge in [-0.3, -0.25) is 9.59 Å². The fourth-order valence-electron chi connectivity index (χ4n) is 2.33. The number of halogens is 3. The summed E-state index contributed by atoms with van der Waals surface area (Å²) in [5.41, 5.74) is 2.72. The summed E-state index contributed by atoms with van der Waals surface area (Å²) in [6.45, 7) is 2.10. The largest absolute Gasteiger partial charge is 0.405 e. The van der Waals surface area contributed by atoms with Crippen molar-refractivity contribution in [2.45, 2.75) is 20.0 Å². The van der Waals surface area contributed by atoms with Gasteiger partial charge in [-0.15, -0.1) is 0 Å². The molecule has 0 fully saturated rings. The summed E-state index contributed by atoms with van der Waals surface area (Å²) in [5, 5.41) is 4.46. The molecule has 0 aliphatic carbocycles. The zero-order valence-corrected chi connectivity index (χ0v) is 14.9. The second-order valence-corrected chi connectivity index (χ2v) is 6.01. The minimum Gasteiger partial charge on any atom is -0.343 e. The molecule has 4 nitrogen and oxygen atoms in total. The highest BCUT2D eigenvalue weighted by atomic mass is 19.4. The maximum absolute atomic E-state index is 12.2. The molecule has 0 bridgehead atoms. The Morgan fingerprint density at radius 1 is 1.04 bits per heavy atom. The number of hydrogen-bond acceptors (Lipinski definition) is 2. The van der Waals surface area contributed by atoms with E-state index in [0.29, 0.717) is 11.3 Å². The van der Waals surface area contributed by atoms with Crippen LogP contribution in [0.2, 0.25) is 0 Å². The van der Waals surface area contributed by atoms with Gasteiger partial charge in [0.05, 0.1) is 0 Å². The summed E-state index contributed by atoms with van der Waals surface area (Å²) in [6, 6.07) is 13.6. The number of benzene rings is 2. The van der Waals surface area contributed by atoms with Gasteiger partial charge in [-0.1, -0.05) is 36.4 Å². The quantitative estimate of drug-likeness (QED) is 0.763. The lowest BCUT2D eigenvalue weighted by Gasteiger charge is -2.11. The number of alkyl halides is 3. The van der Waals surface area contributed by atoms with Crippen molar-refractivity contribution in [3.8, 4) is 0 Å². The van der Waals surface area contributed by atoms with Crippen LogP contribution >= 0.6 is 0 Å². The first-order chi connectivity index (χ1) is 12.7. The van der Waals surface area contributed by atoms with Gasteiger partial charge in [0, 0.05) is 17.3 Å². The number of hydrogen-bond donors (Lipinski definition) is 2. The van der Waals surface area contributed by atoms with Crippen LogP contribution in [0.5, 0.6) is 0 Å². The molecule has 2 rings (SSSR count). The van der Waals surface area contributed by atoms with Gasteiger partial charge in [0.25, 0.3) is 5.91 Å². The average molecular weight is 376 g/mol. The molecule has 2 aromatic carbocycles. The normalized spacial score (nSPS) is 11.8. The summed E-state index contributed by atoms with van der Waals surface area (Å²) < 4.78 is 36.7. The number of carbonyl (C=O) groups excluding carboxylic acids is 2. The van der Waals surface area contributed by atoms with E-state index in [2.05, 4.69) is 5.32 Å². The highest BCUT2D eigenvalue weighted by Gasteiger charge is 2.28. The summed E-state index contributed by atoms with van der Waals surface area (Å²) in [6.07, 6.45) is -3.07. The number of aryl methyl sites for hydroxylation is 1. The maximum atomic E-state index is 12.2. The number of anilines is 1. The minimum absolute atomic E-state index is 0.0314. The van der Waals surface area contributed by atoms with E-state index in [0.717, 1.165) is 11.1 Å². The molecule has 27 heavy (non-hydrogen) atoms. The van der Waals surface area contributed by atoms with E-state index in [-0.39, 0.29) is 5.56 Å². The zero-order chi connectivity index (χ0) is 20.0. The van der Waals surface area contributed by atoms with Crippen molar-refractivity contribution < 1.29 is 22.8 Å². The second-order valence-electron chi connectivity index (χ2n) is 6.01. The first-order valence-corrected chi connectivity index (χ1v) is 8.16. The molecular weight excluding hydrogens is 357 g/mol. The molecule has 0 saturated heterocycles. The highest BCUT2D eigenvalue weighted by Crippen LogP contribution is 2.19. The van der Waals surface area contributed by atoms with Crippen LogP contribution < -0.4 is 10.6 Å². The van der Waals surface area contributed by atoms with Gasteiger partial charge in [0.2, 0.25) is 5.91 Å². The predicted octanol–water partition coefficient (Wildman–Crippen LogP) is 4.33. The molecule has 0 aliphatic heterocycles. The van der Waals surface area contributed by atoms with Crippen LogP contribution in [0.1, 0.15) is 28.4 Å². The molecule has 142 valence electrons. The molecule has 0 radical (unpaired) electrons. The Morgan fingerprint density at radius 2 is 1.70 bits per heavy atom. The molecule has 7 heteroatoms. The van der Waals surface area contributed by atoms with Gasteiger partial charge in [-0.05, 0) is 42.7 Å². The van der Waals surface area contributed by atoms with E-state index < -0.39 is 24.5 Å². The van der Waals surface area contributed by atoms with Crippen LogP contribution in [-0.2, 0) is 4.79 Å². The maximum Gasteiger partial charge on any atom is 0.405 e. The molecule has 0 saturated carbocycles. The van der Waals surface area contributed by atoms with Crippen molar-refractivity contribution in [1.29, 1.82) is 0 Å². The SMILES string of the molecule is CC(=CC(=O)Nc1cc(C(=O)NCC(F)(F)F)ccc1C)c1ccccc1. The number of rotatable bonds is 5. The summed E-state index contributed by atoms with van der Waals surface area (Å²) >= 11 is 0. The Hall–Kier alpha value is -3.09. The lowest BCUT2D eigenvalue weighted by molar-refractivity contribution is -0.123. The van der Waals surface area contributed by atoms with Crippen LogP contribution in [0, 0.1) is 6.92 Å². The molecule has 2 aromatic rings. The summed E-state index contributed by atoms with van der Waals surface area (Å²) in [7, 11) is 0. The third-order valence-corrected chi connectivity index (χ3v) is 3.78. The van der Waals surface area contributed by atoms with E-state index in [1.54, 1.807) is 25.2 Å². The van der Waals surface area contributed by atoms with E-state index >= 15 is 0 Å². The van der Waals surface area contributed by atoms with Gasteiger partial charge >= 0.3 is 6.18 Å². The first kappa shape index (κ1) is 20.2. The Morgan fingerprint density at radius 3 is 2.33 bits per heavy atom. The van der Waals surface area contributed by atoms with E-state index in [1.807, 2.05) is 30.3 Å². The van der Waals surface area contributed by atoms with E-state index in [4.69, 9.17) is 0 Å². The molecule has 0 atom stereocenters. The third-order valence-electron chi connectivity index (χ3n) is 3.78. The molecule has 0 heterocycles. The van der Waals surface area contributed by atoms with Gasteiger partial charge in [-0.2, -0.15) is 13.2 Å². The van der Waals surface area contributed by atoms with Gasteiger partial charge in [0.1, 0.15) is 6.54 Å². The predicted molar refractivity (Wildman–Crippen MR) is 98.3 cm³/mol. The molecule has 2 N–H and O–H groups in total. The summed E-state index contributed by atoms with van der Waals surface area (Å²) in [5.74, 6) is -1.26.